The molecule has 0 spiro atoms. The first kappa shape index (κ1) is 21.0. The molecule has 3 aromatic rings. The van der Waals surface area contributed by atoms with Crippen LogP contribution in [0.1, 0.15) is 16.7 Å². The smallest absolute Gasteiger partial charge is 0.273 e. The number of halogens is 1. The topological polar surface area (TPSA) is 93.8 Å². The molecule has 0 unspecified atom stereocenters. The van der Waals surface area contributed by atoms with Crippen molar-refractivity contribution in [2.45, 2.75) is 13.0 Å². The van der Waals surface area contributed by atoms with Crippen LogP contribution in [0.4, 0.5) is 5.69 Å². The summed E-state index contributed by atoms with van der Waals surface area (Å²) < 4.78 is 5.84. The van der Waals surface area contributed by atoms with Gasteiger partial charge in [-0.25, -0.2) is 5.43 Å². The van der Waals surface area contributed by atoms with Crippen LogP contribution in [0, 0.1) is 10.1 Å². The van der Waals surface area contributed by atoms with E-state index < -0.39 is 10.8 Å². The van der Waals surface area contributed by atoms with E-state index in [0.29, 0.717) is 28.5 Å². The average Bonchev–Trinajstić information content (AvgIpc) is 2.74. The Morgan fingerprint density at radius 1 is 1.07 bits per heavy atom. The van der Waals surface area contributed by atoms with Crippen LogP contribution < -0.4 is 10.2 Å². The first-order valence-corrected chi connectivity index (χ1v) is 9.41. The molecule has 152 valence electrons. The number of nitrogens with one attached hydrogen (secondary N) is 1. The van der Waals surface area contributed by atoms with Crippen molar-refractivity contribution in [3.63, 3.8) is 0 Å². The molecule has 0 aliphatic rings. The van der Waals surface area contributed by atoms with Gasteiger partial charge in [-0.2, -0.15) is 5.10 Å². The standard InChI is InChI=1S/C22H18ClN3O4/c23-19-11-9-16(10-12-19)15-30-21-8-4-2-6-18(21)14-24-25-22(27)13-17-5-1-3-7-20(17)26(28)29/h1-12,14H,13,15H2,(H,25,27)/b24-14+. The molecule has 0 aliphatic carbocycles. The fraction of sp³-hybridized carbons (Fsp3) is 0.0909. The first-order valence-electron chi connectivity index (χ1n) is 9.03. The molecule has 7 nitrogen and oxygen atoms in total. The molecular formula is C22H18ClN3O4. The molecule has 3 rings (SSSR count). The number of carbonyl (C=O) groups is 1. The quantitative estimate of drug-likeness (QED) is 0.327. The highest BCUT2D eigenvalue weighted by Gasteiger charge is 2.15. The van der Waals surface area contributed by atoms with Gasteiger partial charge in [-0.05, 0) is 29.8 Å². The highest BCUT2D eigenvalue weighted by Crippen LogP contribution is 2.19. The van der Waals surface area contributed by atoms with Crippen molar-refractivity contribution in [3.05, 3.63) is 105 Å². The second-order valence-corrected chi connectivity index (χ2v) is 6.75. The summed E-state index contributed by atoms with van der Waals surface area (Å²) in [4.78, 5) is 22.6. The van der Waals surface area contributed by atoms with Crippen molar-refractivity contribution in [2.75, 3.05) is 0 Å². The largest absolute Gasteiger partial charge is 0.488 e. The number of hydrogen-bond acceptors (Lipinski definition) is 5. The number of hydrogen-bond donors (Lipinski definition) is 1. The van der Waals surface area contributed by atoms with Gasteiger partial charge in [0.1, 0.15) is 12.4 Å². The van der Waals surface area contributed by atoms with Crippen molar-refractivity contribution in [1.29, 1.82) is 0 Å². The lowest BCUT2D eigenvalue weighted by atomic mass is 10.1. The number of amides is 1. The molecule has 0 heterocycles. The minimum atomic E-state index is -0.514. The van der Waals surface area contributed by atoms with E-state index in [0.717, 1.165) is 5.56 Å². The zero-order chi connectivity index (χ0) is 21.3. The number of para-hydroxylation sites is 2. The third kappa shape index (κ3) is 5.89. The predicted octanol–water partition coefficient (Wildman–Crippen LogP) is 4.52. The molecule has 1 amide bonds. The molecule has 8 heteroatoms. The van der Waals surface area contributed by atoms with Crippen LogP contribution in [-0.4, -0.2) is 17.0 Å². The lowest BCUT2D eigenvalue weighted by molar-refractivity contribution is -0.385. The lowest BCUT2D eigenvalue weighted by Gasteiger charge is -2.09. The van der Waals surface area contributed by atoms with Crippen molar-refractivity contribution in [1.82, 2.24) is 5.43 Å². The molecular weight excluding hydrogens is 406 g/mol. The Balaban J connectivity index is 1.60. The van der Waals surface area contributed by atoms with Crippen LogP contribution in [0.2, 0.25) is 5.02 Å². The molecule has 30 heavy (non-hydrogen) atoms. The van der Waals surface area contributed by atoms with Crippen molar-refractivity contribution < 1.29 is 14.5 Å². The van der Waals surface area contributed by atoms with Crippen LogP contribution in [0.5, 0.6) is 5.75 Å². The molecule has 0 bridgehead atoms. The van der Waals surface area contributed by atoms with Gasteiger partial charge in [0.25, 0.3) is 5.69 Å². The second-order valence-electron chi connectivity index (χ2n) is 6.31. The summed E-state index contributed by atoms with van der Waals surface area (Å²) in [5.41, 5.74) is 4.25. The van der Waals surface area contributed by atoms with Gasteiger partial charge in [-0.3, -0.25) is 14.9 Å². The van der Waals surface area contributed by atoms with Crippen LogP contribution >= 0.6 is 11.6 Å². The summed E-state index contributed by atoms with van der Waals surface area (Å²) in [5, 5.41) is 15.6. The first-order chi connectivity index (χ1) is 14.5. The van der Waals surface area contributed by atoms with E-state index in [1.807, 2.05) is 24.3 Å². The maximum absolute atomic E-state index is 12.1. The Morgan fingerprint density at radius 3 is 2.53 bits per heavy atom. The number of nitro benzene ring substituents is 1. The summed E-state index contributed by atoms with van der Waals surface area (Å²) in [6.07, 6.45) is 1.32. The number of benzene rings is 3. The SMILES string of the molecule is O=C(Cc1ccccc1[N+](=O)[O-])N/N=C/c1ccccc1OCc1ccc(Cl)cc1. The van der Waals surface area contributed by atoms with E-state index in [-0.39, 0.29) is 12.1 Å². The van der Waals surface area contributed by atoms with Gasteiger partial charge in [-0.15, -0.1) is 0 Å². The molecule has 0 saturated carbocycles. The minimum absolute atomic E-state index is 0.0995. The summed E-state index contributed by atoms with van der Waals surface area (Å²) >= 11 is 5.89. The van der Waals surface area contributed by atoms with Gasteiger partial charge in [0.15, 0.2) is 0 Å². The van der Waals surface area contributed by atoms with E-state index in [1.165, 1.54) is 12.3 Å². The van der Waals surface area contributed by atoms with E-state index in [1.54, 1.807) is 42.5 Å². The number of carbonyl (C=O) groups excluding carboxylic acids is 1. The molecule has 0 atom stereocenters. The Morgan fingerprint density at radius 2 is 1.77 bits per heavy atom. The number of rotatable bonds is 8. The second kappa shape index (κ2) is 10.2. The maximum atomic E-state index is 12.1. The van der Waals surface area contributed by atoms with Crippen molar-refractivity contribution >= 4 is 29.4 Å². The number of ether oxygens (including phenoxy) is 1. The Labute approximate surface area is 178 Å². The van der Waals surface area contributed by atoms with Gasteiger partial charge in [-0.1, -0.05) is 54.1 Å². The van der Waals surface area contributed by atoms with Gasteiger partial charge in [0, 0.05) is 22.2 Å². The maximum Gasteiger partial charge on any atom is 0.273 e. The van der Waals surface area contributed by atoms with Gasteiger partial charge in [0.2, 0.25) is 5.91 Å². The number of hydrazone groups is 1. The predicted molar refractivity (Wildman–Crippen MR) is 115 cm³/mol. The molecule has 0 aliphatic heterocycles. The molecule has 1 N–H and O–H groups in total. The normalized spacial score (nSPS) is 10.7. The molecule has 0 radical (unpaired) electrons. The van der Waals surface area contributed by atoms with Crippen molar-refractivity contribution in [3.8, 4) is 5.75 Å². The minimum Gasteiger partial charge on any atom is -0.488 e. The molecule has 0 aromatic heterocycles. The fourth-order valence-corrected chi connectivity index (χ4v) is 2.81. The Hall–Kier alpha value is -3.71. The summed E-state index contributed by atoms with van der Waals surface area (Å²) in [6.45, 7) is 0.353. The average molecular weight is 424 g/mol. The molecule has 0 saturated heterocycles. The van der Waals surface area contributed by atoms with E-state index >= 15 is 0 Å². The Bertz CT molecular complexity index is 1070. The molecule has 0 fully saturated rings. The van der Waals surface area contributed by atoms with Crippen LogP contribution in [-0.2, 0) is 17.8 Å². The van der Waals surface area contributed by atoms with E-state index in [2.05, 4.69) is 10.5 Å². The highest BCUT2D eigenvalue weighted by atomic mass is 35.5. The summed E-state index contributed by atoms with van der Waals surface area (Å²) in [7, 11) is 0. The van der Waals surface area contributed by atoms with Gasteiger partial charge >= 0.3 is 0 Å². The summed E-state index contributed by atoms with van der Waals surface area (Å²) in [6, 6.07) is 20.7. The third-order valence-corrected chi connectivity index (χ3v) is 4.41. The van der Waals surface area contributed by atoms with Crippen LogP contribution in [0.25, 0.3) is 0 Å². The van der Waals surface area contributed by atoms with E-state index in [9.17, 15) is 14.9 Å². The zero-order valence-corrected chi connectivity index (χ0v) is 16.6. The van der Waals surface area contributed by atoms with Crippen LogP contribution in [0.3, 0.4) is 0 Å². The number of nitro groups is 1. The van der Waals surface area contributed by atoms with E-state index in [4.69, 9.17) is 16.3 Å². The van der Waals surface area contributed by atoms with Crippen LogP contribution in [0.15, 0.2) is 77.9 Å². The Kier molecular flexibility index (Phi) is 7.13. The van der Waals surface area contributed by atoms with Crippen molar-refractivity contribution in [2.24, 2.45) is 5.10 Å². The monoisotopic (exact) mass is 423 g/mol. The van der Waals surface area contributed by atoms with Gasteiger partial charge in [0.05, 0.1) is 17.6 Å². The number of nitrogens with zero attached hydrogens (tertiary/aromatic N) is 2. The third-order valence-electron chi connectivity index (χ3n) is 4.16. The fourth-order valence-electron chi connectivity index (χ4n) is 2.69. The van der Waals surface area contributed by atoms with Gasteiger partial charge < -0.3 is 4.74 Å². The lowest BCUT2D eigenvalue weighted by Crippen LogP contribution is -2.20. The summed E-state index contributed by atoms with van der Waals surface area (Å²) in [5.74, 6) is 0.143. The zero-order valence-electron chi connectivity index (χ0n) is 15.8. The highest BCUT2D eigenvalue weighted by molar-refractivity contribution is 6.30. The molecule has 3 aromatic carbocycles.